The number of hydrogen-bond acceptors (Lipinski definition) is 2. The fraction of sp³-hybridized carbons (Fsp3) is 0.278. The Labute approximate surface area is 126 Å². The van der Waals surface area contributed by atoms with Crippen LogP contribution in [0.2, 0.25) is 0 Å². The number of benzene rings is 2. The number of nitrogens with two attached hydrogens (primary N) is 1. The van der Waals surface area contributed by atoms with Gasteiger partial charge in [0.2, 0.25) is 0 Å². The molecule has 1 amide bonds. The number of carbonyl (C=O) groups excluding carboxylic acids is 1. The van der Waals surface area contributed by atoms with E-state index in [2.05, 4.69) is 12.1 Å². The molecule has 0 aromatic heterocycles. The van der Waals surface area contributed by atoms with Crippen LogP contribution in [0.1, 0.15) is 27.9 Å². The van der Waals surface area contributed by atoms with E-state index in [1.165, 1.54) is 5.56 Å². The second-order valence-electron chi connectivity index (χ2n) is 5.39. The Balaban J connectivity index is 1.89. The van der Waals surface area contributed by atoms with Gasteiger partial charge >= 0.3 is 0 Å². The van der Waals surface area contributed by atoms with Gasteiger partial charge in [0.1, 0.15) is 0 Å². The van der Waals surface area contributed by atoms with Crippen LogP contribution in [0.25, 0.3) is 0 Å². The van der Waals surface area contributed by atoms with Crippen molar-refractivity contribution in [1.29, 1.82) is 0 Å². The number of rotatable bonds is 5. The molecule has 2 rings (SSSR count). The summed E-state index contributed by atoms with van der Waals surface area (Å²) in [5.74, 6) is 0.0229. The minimum Gasteiger partial charge on any atom is -0.398 e. The number of anilines is 1. The summed E-state index contributed by atoms with van der Waals surface area (Å²) in [5.41, 5.74) is 9.48. The summed E-state index contributed by atoms with van der Waals surface area (Å²) in [7, 11) is 1.84. The van der Waals surface area contributed by atoms with Crippen LogP contribution >= 0.6 is 0 Å². The molecule has 3 heteroatoms. The highest BCUT2D eigenvalue weighted by atomic mass is 16.2. The zero-order valence-electron chi connectivity index (χ0n) is 12.7. The normalized spacial score (nSPS) is 10.4. The summed E-state index contributed by atoms with van der Waals surface area (Å²) < 4.78 is 0. The summed E-state index contributed by atoms with van der Waals surface area (Å²) in [6.45, 7) is 2.68. The Bertz CT molecular complexity index is 608. The molecule has 2 aromatic rings. The molecule has 0 heterocycles. The first-order valence-electron chi connectivity index (χ1n) is 7.23. The van der Waals surface area contributed by atoms with Gasteiger partial charge in [-0.1, -0.05) is 36.4 Å². The fourth-order valence-corrected chi connectivity index (χ4v) is 2.26. The van der Waals surface area contributed by atoms with Gasteiger partial charge in [0.15, 0.2) is 0 Å². The maximum atomic E-state index is 12.3. The van der Waals surface area contributed by atoms with Gasteiger partial charge in [-0.15, -0.1) is 0 Å². The lowest BCUT2D eigenvalue weighted by Gasteiger charge is -2.17. The van der Waals surface area contributed by atoms with Gasteiger partial charge in [-0.25, -0.2) is 0 Å². The third-order valence-corrected chi connectivity index (χ3v) is 3.67. The predicted molar refractivity (Wildman–Crippen MR) is 87.3 cm³/mol. The minimum atomic E-state index is 0.0229. The van der Waals surface area contributed by atoms with Gasteiger partial charge in [-0.05, 0) is 43.0 Å². The quantitative estimate of drug-likeness (QED) is 0.855. The van der Waals surface area contributed by atoms with E-state index in [1.54, 1.807) is 11.0 Å². The number of aryl methyl sites for hydroxylation is 2. The molecule has 21 heavy (non-hydrogen) atoms. The molecule has 0 unspecified atom stereocenters. The van der Waals surface area contributed by atoms with Crippen molar-refractivity contribution in [1.82, 2.24) is 4.90 Å². The fourth-order valence-electron chi connectivity index (χ4n) is 2.26. The lowest BCUT2D eigenvalue weighted by molar-refractivity contribution is 0.0793. The van der Waals surface area contributed by atoms with Crippen molar-refractivity contribution in [3.8, 4) is 0 Å². The van der Waals surface area contributed by atoms with Crippen LogP contribution < -0.4 is 5.73 Å². The van der Waals surface area contributed by atoms with Crippen molar-refractivity contribution < 1.29 is 4.79 Å². The van der Waals surface area contributed by atoms with Crippen molar-refractivity contribution in [2.24, 2.45) is 0 Å². The van der Waals surface area contributed by atoms with Gasteiger partial charge in [0.25, 0.3) is 5.91 Å². The molecule has 0 radical (unpaired) electrons. The van der Waals surface area contributed by atoms with Gasteiger partial charge in [0.05, 0.1) is 0 Å². The zero-order chi connectivity index (χ0) is 15.2. The maximum absolute atomic E-state index is 12.3. The molecule has 0 saturated heterocycles. The molecule has 3 nitrogen and oxygen atoms in total. The summed E-state index contributed by atoms with van der Waals surface area (Å²) in [4.78, 5) is 14.1. The highest BCUT2D eigenvalue weighted by Crippen LogP contribution is 2.14. The third-order valence-electron chi connectivity index (χ3n) is 3.67. The Hall–Kier alpha value is -2.29. The molecular weight excluding hydrogens is 260 g/mol. The molecule has 2 aromatic carbocycles. The first kappa shape index (κ1) is 15.1. The van der Waals surface area contributed by atoms with E-state index in [4.69, 9.17) is 5.73 Å². The van der Waals surface area contributed by atoms with Crippen LogP contribution in [-0.4, -0.2) is 24.4 Å². The molecule has 0 fully saturated rings. The number of hydrogen-bond donors (Lipinski definition) is 1. The highest BCUT2D eigenvalue weighted by molar-refractivity contribution is 5.95. The van der Waals surface area contributed by atoms with E-state index >= 15 is 0 Å². The molecule has 0 atom stereocenters. The van der Waals surface area contributed by atoms with Crippen LogP contribution in [0.3, 0.4) is 0 Å². The van der Waals surface area contributed by atoms with E-state index in [-0.39, 0.29) is 5.91 Å². The predicted octanol–water partition coefficient (Wildman–Crippen LogP) is 3.28. The summed E-state index contributed by atoms with van der Waals surface area (Å²) >= 11 is 0. The average Bonchev–Trinajstić information content (AvgIpc) is 2.50. The highest BCUT2D eigenvalue weighted by Gasteiger charge is 2.12. The number of amides is 1. The Kier molecular flexibility index (Phi) is 4.99. The lowest BCUT2D eigenvalue weighted by Crippen LogP contribution is -2.28. The van der Waals surface area contributed by atoms with Crippen molar-refractivity contribution in [2.45, 2.75) is 19.8 Å². The van der Waals surface area contributed by atoms with Crippen LogP contribution in [0.5, 0.6) is 0 Å². The largest absolute Gasteiger partial charge is 0.398 e. The van der Waals surface area contributed by atoms with Gasteiger partial charge in [0, 0.05) is 24.8 Å². The Morgan fingerprint density at radius 2 is 1.86 bits per heavy atom. The Morgan fingerprint density at radius 1 is 1.14 bits per heavy atom. The van der Waals surface area contributed by atoms with Crippen LogP contribution in [-0.2, 0) is 6.42 Å². The molecule has 2 N–H and O–H groups in total. The van der Waals surface area contributed by atoms with E-state index < -0.39 is 0 Å². The lowest BCUT2D eigenvalue weighted by atomic mass is 10.1. The first-order chi connectivity index (χ1) is 10.1. The molecular formula is C18H22N2O. The van der Waals surface area contributed by atoms with Crippen molar-refractivity contribution in [3.63, 3.8) is 0 Å². The zero-order valence-corrected chi connectivity index (χ0v) is 12.7. The standard InChI is InChI=1S/C18H22N2O/c1-14-10-11-16(13-17(14)19)18(21)20(2)12-6-9-15-7-4-3-5-8-15/h3-5,7-8,10-11,13H,6,9,12,19H2,1-2H3. The van der Waals surface area contributed by atoms with Gasteiger partial charge < -0.3 is 10.6 Å². The summed E-state index contributed by atoms with van der Waals surface area (Å²) in [6.07, 6.45) is 1.93. The molecule has 110 valence electrons. The number of nitrogen functional groups attached to an aromatic ring is 1. The van der Waals surface area contributed by atoms with E-state index in [0.717, 1.165) is 24.9 Å². The average molecular weight is 282 g/mol. The van der Waals surface area contributed by atoms with E-state index in [1.807, 2.05) is 44.3 Å². The molecule has 0 aliphatic carbocycles. The van der Waals surface area contributed by atoms with Crippen molar-refractivity contribution >= 4 is 11.6 Å². The van der Waals surface area contributed by atoms with E-state index in [9.17, 15) is 4.79 Å². The SMILES string of the molecule is Cc1ccc(C(=O)N(C)CCCc2ccccc2)cc1N. The third kappa shape index (κ3) is 4.09. The monoisotopic (exact) mass is 282 g/mol. The second kappa shape index (κ2) is 6.93. The first-order valence-corrected chi connectivity index (χ1v) is 7.23. The van der Waals surface area contributed by atoms with Crippen LogP contribution in [0, 0.1) is 6.92 Å². The van der Waals surface area contributed by atoms with Crippen LogP contribution in [0.15, 0.2) is 48.5 Å². The van der Waals surface area contributed by atoms with Crippen molar-refractivity contribution in [2.75, 3.05) is 19.3 Å². The smallest absolute Gasteiger partial charge is 0.253 e. The molecule has 0 bridgehead atoms. The molecule has 0 aliphatic heterocycles. The minimum absolute atomic E-state index is 0.0229. The molecule has 0 spiro atoms. The van der Waals surface area contributed by atoms with Crippen molar-refractivity contribution in [3.05, 3.63) is 65.2 Å². The Morgan fingerprint density at radius 3 is 2.52 bits per heavy atom. The topological polar surface area (TPSA) is 46.3 Å². The van der Waals surface area contributed by atoms with E-state index in [0.29, 0.717) is 11.3 Å². The number of nitrogens with zero attached hydrogens (tertiary/aromatic N) is 1. The summed E-state index contributed by atoms with van der Waals surface area (Å²) in [5, 5.41) is 0. The summed E-state index contributed by atoms with van der Waals surface area (Å²) in [6, 6.07) is 15.8. The van der Waals surface area contributed by atoms with Gasteiger partial charge in [-0.3, -0.25) is 4.79 Å². The van der Waals surface area contributed by atoms with Gasteiger partial charge in [-0.2, -0.15) is 0 Å². The maximum Gasteiger partial charge on any atom is 0.253 e. The van der Waals surface area contributed by atoms with Crippen LogP contribution in [0.4, 0.5) is 5.69 Å². The number of carbonyl (C=O) groups is 1. The molecule has 0 saturated carbocycles. The second-order valence-corrected chi connectivity index (χ2v) is 5.39. The molecule has 0 aliphatic rings.